The molecule has 0 spiro atoms. The summed E-state index contributed by atoms with van der Waals surface area (Å²) in [5.41, 5.74) is 4.27. The second-order valence-corrected chi connectivity index (χ2v) is 4.88. The molecule has 0 saturated heterocycles. The fourth-order valence-corrected chi connectivity index (χ4v) is 2.20. The van der Waals surface area contributed by atoms with Crippen LogP contribution in [-0.4, -0.2) is 11.0 Å². The number of amidine groups is 1. The Kier molecular flexibility index (Phi) is 3.72. The number of aryl methyl sites for hydroxylation is 1. The minimum absolute atomic E-state index is 0.188. The molecule has 0 unspecified atom stereocenters. The predicted octanol–water partition coefficient (Wildman–Crippen LogP) is 3.16. The first-order valence-corrected chi connectivity index (χ1v) is 6.76. The summed E-state index contributed by atoms with van der Waals surface area (Å²) in [6, 6.07) is 15.9. The molecule has 0 aliphatic heterocycles. The van der Waals surface area contributed by atoms with E-state index in [1.807, 2.05) is 37.3 Å². The predicted molar refractivity (Wildman–Crippen MR) is 84.8 cm³/mol. The Balaban J connectivity index is 2.19. The van der Waals surface area contributed by atoms with Gasteiger partial charge in [-0.3, -0.25) is 10.7 Å². The third-order valence-electron chi connectivity index (χ3n) is 3.29. The Morgan fingerprint density at radius 2 is 1.86 bits per heavy atom. The molecule has 0 saturated carbocycles. The van der Waals surface area contributed by atoms with Crippen LogP contribution < -0.4 is 11.1 Å². The molecule has 1 heterocycles. The number of hydrogen-bond donors (Lipinski definition) is 2. The summed E-state index contributed by atoms with van der Waals surface area (Å²) in [5, 5.41) is 10.1. The van der Waals surface area contributed by atoms with Crippen LogP contribution in [0.1, 0.15) is 11.1 Å². The molecule has 22 heavy (non-hydrogen) atoms. The van der Waals surface area contributed by atoms with Gasteiger partial charge in [0.1, 0.15) is 5.58 Å². The number of hydroxylamine groups is 1. The van der Waals surface area contributed by atoms with E-state index in [2.05, 4.69) is 10.5 Å². The first kappa shape index (κ1) is 14.0. The van der Waals surface area contributed by atoms with Gasteiger partial charge < -0.3 is 4.42 Å². The maximum atomic E-state index is 11.7. The minimum atomic E-state index is -0.499. The Bertz CT molecular complexity index is 896. The Morgan fingerprint density at radius 1 is 1.14 bits per heavy atom. The lowest BCUT2D eigenvalue weighted by atomic mass is 10.1. The molecule has 0 amide bonds. The number of nitrogens with one attached hydrogen (secondary N) is 1. The van der Waals surface area contributed by atoms with E-state index >= 15 is 0 Å². The highest BCUT2D eigenvalue weighted by atomic mass is 16.5. The van der Waals surface area contributed by atoms with E-state index in [9.17, 15) is 10.0 Å². The number of rotatable bonds is 2. The van der Waals surface area contributed by atoms with Gasteiger partial charge in [-0.1, -0.05) is 35.9 Å². The second kappa shape index (κ2) is 5.83. The average molecular weight is 294 g/mol. The quantitative estimate of drug-likeness (QED) is 0.329. The molecule has 3 rings (SSSR count). The van der Waals surface area contributed by atoms with Gasteiger partial charge in [0, 0.05) is 17.0 Å². The minimum Gasteiger partial charge on any atom is -0.423 e. The van der Waals surface area contributed by atoms with Crippen LogP contribution in [-0.2, 0) is 0 Å². The first-order chi connectivity index (χ1) is 10.7. The van der Waals surface area contributed by atoms with Crippen LogP contribution in [0.2, 0.25) is 0 Å². The van der Waals surface area contributed by atoms with E-state index in [1.165, 1.54) is 6.07 Å². The van der Waals surface area contributed by atoms with Crippen molar-refractivity contribution in [3.05, 3.63) is 76.1 Å². The summed E-state index contributed by atoms with van der Waals surface area (Å²) >= 11 is 0. The van der Waals surface area contributed by atoms with Crippen LogP contribution in [0.4, 0.5) is 5.69 Å². The van der Waals surface area contributed by atoms with Gasteiger partial charge >= 0.3 is 5.63 Å². The van der Waals surface area contributed by atoms with Crippen molar-refractivity contribution in [2.45, 2.75) is 6.92 Å². The Hall–Kier alpha value is -2.92. The maximum Gasteiger partial charge on any atom is 0.336 e. The number of aliphatic imine (C=N–C) groups is 1. The normalized spacial score (nSPS) is 11.6. The van der Waals surface area contributed by atoms with Crippen molar-refractivity contribution in [2.24, 2.45) is 4.99 Å². The third kappa shape index (κ3) is 2.75. The number of hydrogen-bond acceptors (Lipinski definition) is 4. The Labute approximate surface area is 126 Å². The topological polar surface area (TPSA) is 74.8 Å². The molecule has 3 aromatic rings. The maximum absolute atomic E-state index is 11.7. The van der Waals surface area contributed by atoms with E-state index in [0.29, 0.717) is 22.2 Å². The van der Waals surface area contributed by atoms with Crippen molar-refractivity contribution in [3.8, 4) is 0 Å². The molecule has 1 aromatic heterocycles. The van der Waals surface area contributed by atoms with Crippen molar-refractivity contribution in [1.29, 1.82) is 0 Å². The van der Waals surface area contributed by atoms with Crippen LogP contribution in [0.3, 0.4) is 0 Å². The number of para-hydroxylation sites is 1. The lowest BCUT2D eigenvalue weighted by Gasteiger charge is -2.08. The summed E-state index contributed by atoms with van der Waals surface area (Å²) in [7, 11) is 0. The van der Waals surface area contributed by atoms with E-state index in [4.69, 9.17) is 4.42 Å². The highest BCUT2D eigenvalue weighted by molar-refractivity contribution is 6.08. The van der Waals surface area contributed by atoms with Crippen LogP contribution in [0.15, 0.2) is 68.8 Å². The van der Waals surface area contributed by atoms with Crippen LogP contribution in [0.5, 0.6) is 0 Å². The molecule has 5 nitrogen and oxygen atoms in total. The summed E-state index contributed by atoms with van der Waals surface area (Å²) in [6.45, 7) is 1.98. The smallest absolute Gasteiger partial charge is 0.336 e. The lowest BCUT2D eigenvalue weighted by molar-refractivity contribution is 0.235. The van der Waals surface area contributed by atoms with Crippen LogP contribution in [0, 0.1) is 6.92 Å². The van der Waals surface area contributed by atoms with Crippen molar-refractivity contribution in [1.82, 2.24) is 5.48 Å². The number of benzene rings is 2. The van der Waals surface area contributed by atoms with E-state index in [1.54, 1.807) is 18.2 Å². The molecular weight excluding hydrogens is 280 g/mol. The van der Waals surface area contributed by atoms with Gasteiger partial charge in [-0.25, -0.2) is 9.79 Å². The first-order valence-electron chi connectivity index (χ1n) is 6.76. The van der Waals surface area contributed by atoms with Crippen molar-refractivity contribution < 1.29 is 9.62 Å². The second-order valence-electron chi connectivity index (χ2n) is 4.88. The largest absolute Gasteiger partial charge is 0.423 e. The Morgan fingerprint density at radius 3 is 2.59 bits per heavy atom. The molecule has 2 N–H and O–H groups in total. The van der Waals surface area contributed by atoms with Gasteiger partial charge in [-0.2, -0.15) is 0 Å². The van der Waals surface area contributed by atoms with Gasteiger partial charge in [0.15, 0.2) is 5.84 Å². The third-order valence-corrected chi connectivity index (χ3v) is 3.29. The van der Waals surface area contributed by atoms with Gasteiger partial charge in [0.2, 0.25) is 0 Å². The summed E-state index contributed by atoms with van der Waals surface area (Å²) in [4.78, 5) is 16.0. The fourth-order valence-electron chi connectivity index (χ4n) is 2.20. The molecule has 5 heteroatoms. The van der Waals surface area contributed by atoms with E-state index < -0.39 is 5.63 Å². The number of nitrogens with zero attached hydrogens (tertiary/aromatic N) is 1. The van der Waals surface area contributed by atoms with E-state index in [-0.39, 0.29) is 5.84 Å². The van der Waals surface area contributed by atoms with Crippen LogP contribution in [0.25, 0.3) is 11.0 Å². The molecular formula is C17H14N2O3. The van der Waals surface area contributed by atoms with E-state index in [0.717, 1.165) is 5.56 Å². The van der Waals surface area contributed by atoms with Crippen molar-refractivity contribution in [2.75, 3.05) is 0 Å². The molecule has 0 atom stereocenters. The highest BCUT2D eigenvalue weighted by Gasteiger charge is 2.11. The SMILES string of the molecule is Cc1ccc(N=C(NO)c2cc(=O)oc3ccccc23)cc1. The standard InChI is InChI=1S/C17H14N2O3/c1-11-6-8-12(9-7-11)18-17(19-21)14-10-16(20)22-15-5-3-2-4-13(14)15/h2-10,21H,1H3,(H,18,19). The molecule has 0 bridgehead atoms. The monoisotopic (exact) mass is 294 g/mol. The summed E-state index contributed by atoms with van der Waals surface area (Å²) in [6.07, 6.45) is 0. The van der Waals surface area contributed by atoms with Gasteiger partial charge in [-0.15, -0.1) is 0 Å². The molecule has 2 aromatic carbocycles. The number of fused-ring (bicyclic) bond motifs is 1. The highest BCUT2D eigenvalue weighted by Crippen LogP contribution is 2.19. The lowest BCUT2D eigenvalue weighted by Crippen LogP contribution is -2.22. The molecule has 110 valence electrons. The zero-order valence-electron chi connectivity index (χ0n) is 11.9. The summed E-state index contributed by atoms with van der Waals surface area (Å²) in [5.74, 6) is 0.188. The van der Waals surface area contributed by atoms with Gasteiger partial charge in [0.05, 0.1) is 5.69 Å². The van der Waals surface area contributed by atoms with Crippen molar-refractivity contribution in [3.63, 3.8) is 0 Å². The van der Waals surface area contributed by atoms with Gasteiger partial charge in [-0.05, 0) is 25.1 Å². The van der Waals surface area contributed by atoms with Gasteiger partial charge in [0.25, 0.3) is 0 Å². The molecule has 0 radical (unpaired) electrons. The zero-order valence-corrected chi connectivity index (χ0v) is 11.9. The average Bonchev–Trinajstić information content (AvgIpc) is 2.53. The molecule has 0 aliphatic rings. The fraction of sp³-hybridized carbons (Fsp3) is 0.0588. The zero-order chi connectivity index (χ0) is 15.5. The molecule has 0 fully saturated rings. The molecule has 0 aliphatic carbocycles. The van der Waals surface area contributed by atoms with Crippen molar-refractivity contribution >= 4 is 22.5 Å². The summed E-state index contributed by atoms with van der Waals surface area (Å²) < 4.78 is 5.14. The van der Waals surface area contributed by atoms with Crippen LogP contribution >= 0.6 is 0 Å².